The number of nitrogens with zero attached hydrogens (tertiary/aromatic N) is 1. The van der Waals surface area contributed by atoms with Gasteiger partial charge < -0.3 is 5.32 Å². The largest absolute Gasteiger partial charge is 0.440 e. The lowest BCUT2D eigenvalue weighted by Crippen LogP contribution is -2.69. The number of hydrogen-bond acceptors (Lipinski definition) is 3. The normalized spacial score (nSPS) is 20.2. The average molecular weight is 447 g/mol. The van der Waals surface area contributed by atoms with E-state index in [1.807, 2.05) is 20.8 Å². The van der Waals surface area contributed by atoms with Crippen molar-refractivity contribution >= 4 is 17.8 Å². The molecule has 0 saturated carbocycles. The quantitative estimate of drug-likeness (QED) is 0.687. The van der Waals surface area contributed by atoms with Gasteiger partial charge in [-0.05, 0) is 35.6 Å². The summed E-state index contributed by atoms with van der Waals surface area (Å²) in [5.74, 6) is -2.73. The van der Waals surface area contributed by atoms with Crippen molar-refractivity contribution in [2.24, 2.45) is 0 Å². The van der Waals surface area contributed by atoms with Gasteiger partial charge in [-0.1, -0.05) is 63.2 Å². The molecule has 3 rings (SSSR count). The highest BCUT2D eigenvalue weighted by Gasteiger charge is 2.69. The van der Waals surface area contributed by atoms with E-state index in [0.29, 0.717) is 10.5 Å². The first kappa shape index (κ1) is 23.3. The van der Waals surface area contributed by atoms with Crippen LogP contribution in [0, 0.1) is 0 Å². The topological polar surface area (TPSA) is 78.5 Å². The fourth-order valence-electron chi connectivity index (χ4n) is 3.49. The van der Waals surface area contributed by atoms with Gasteiger partial charge in [0.25, 0.3) is 17.5 Å². The molecule has 0 aliphatic carbocycles. The van der Waals surface area contributed by atoms with Gasteiger partial charge in [-0.25, -0.2) is 4.79 Å². The van der Waals surface area contributed by atoms with E-state index in [-0.39, 0.29) is 11.0 Å². The van der Waals surface area contributed by atoms with Crippen LogP contribution in [-0.2, 0) is 10.2 Å². The van der Waals surface area contributed by atoms with Crippen LogP contribution in [0.3, 0.4) is 0 Å². The summed E-state index contributed by atoms with van der Waals surface area (Å²) in [6, 6.07) is 12.0. The smallest absolute Gasteiger partial charge is 0.314 e. The molecule has 0 unspecified atom stereocenters. The Morgan fingerprint density at radius 1 is 1.00 bits per heavy atom. The Bertz CT molecular complexity index is 1030. The van der Waals surface area contributed by atoms with Crippen molar-refractivity contribution in [2.75, 3.05) is 0 Å². The SMILES string of the molecule is C[C@@H](c1ccccc1)N1C(=O)N[C@@](NC(=O)c2ccc(C(C)(C)C)cc2)(C(F)(F)F)C1=O. The summed E-state index contributed by atoms with van der Waals surface area (Å²) < 4.78 is 42.3. The fourth-order valence-corrected chi connectivity index (χ4v) is 3.49. The fraction of sp³-hybridized carbons (Fsp3) is 0.348. The lowest BCUT2D eigenvalue weighted by Gasteiger charge is -2.30. The number of hydrogen-bond donors (Lipinski definition) is 2. The highest BCUT2D eigenvalue weighted by Crippen LogP contribution is 2.37. The summed E-state index contributed by atoms with van der Waals surface area (Å²) in [6.07, 6.45) is -5.27. The highest BCUT2D eigenvalue weighted by atomic mass is 19.4. The van der Waals surface area contributed by atoms with E-state index in [1.54, 1.807) is 53.1 Å². The van der Waals surface area contributed by atoms with Crippen LogP contribution in [0.25, 0.3) is 0 Å². The standard InChI is InChI=1S/C23H24F3N3O3/c1-14(15-8-6-5-7-9-15)29-19(31)22(23(24,25)26,28-20(29)32)27-18(30)16-10-12-17(13-11-16)21(2,3)4/h5-14H,1-4H3,(H,27,30)(H,28,32)/t14-,22+/m0/s1. The second-order valence-electron chi connectivity index (χ2n) is 8.72. The van der Waals surface area contributed by atoms with E-state index in [2.05, 4.69) is 0 Å². The Balaban J connectivity index is 1.93. The van der Waals surface area contributed by atoms with Crippen molar-refractivity contribution in [3.05, 3.63) is 71.3 Å². The summed E-state index contributed by atoms with van der Waals surface area (Å²) in [5, 5.41) is 3.41. The van der Waals surface area contributed by atoms with E-state index in [0.717, 1.165) is 5.56 Å². The number of nitrogens with one attached hydrogen (secondary N) is 2. The van der Waals surface area contributed by atoms with Crippen LogP contribution in [0.5, 0.6) is 0 Å². The number of carbonyl (C=O) groups is 3. The number of imide groups is 1. The maximum absolute atomic E-state index is 14.1. The third-order valence-corrected chi connectivity index (χ3v) is 5.46. The molecule has 2 aromatic rings. The summed E-state index contributed by atoms with van der Waals surface area (Å²) in [7, 11) is 0. The monoisotopic (exact) mass is 447 g/mol. The van der Waals surface area contributed by atoms with E-state index < -0.39 is 35.7 Å². The first-order chi connectivity index (χ1) is 14.8. The maximum atomic E-state index is 14.1. The van der Waals surface area contributed by atoms with Gasteiger partial charge in [0.1, 0.15) is 0 Å². The van der Waals surface area contributed by atoms with E-state index >= 15 is 0 Å². The van der Waals surface area contributed by atoms with Gasteiger partial charge >= 0.3 is 12.2 Å². The van der Waals surface area contributed by atoms with Crippen LogP contribution in [0.2, 0.25) is 0 Å². The highest BCUT2D eigenvalue weighted by molar-refractivity contribution is 6.10. The lowest BCUT2D eigenvalue weighted by atomic mass is 9.86. The number of rotatable bonds is 4. The van der Waals surface area contributed by atoms with Crippen molar-refractivity contribution in [2.45, 2.75) is 51.0 Å². The van der Waals surface area contributed by atoms with Gasteiger partial charge in [0.15, 0.2) is 0 Å². The Morgan fingerprint density at radius 2 is 1.56 bits per heavy atom. The molecule has 0 aromatic heterocycles. The molecule has 4 amide bonds. The minimum Gasteiger partial charge on any atom is -0.314 e. The van der Waals surface area contributed by atoms with Crippen molar-refractivity contribution in [3.63, 3.8) is 0 Å². The summed E-state index contributed by atoms with van der Waals surface area (Å²) in [4.78, 5) is 38.6. The molecule has 2 aromatic carbocycles. The molecular weight excluding hydrogens is 423 g/mol. The lowest BCUT2D eigenvalue weighted by molar-refractivity contribution is -0.200. The Kier molecular flexibility index (Phi) is 5.80. The summed E-state index contributed by atoms with van der Waals surface area (Å²) >= 11 is 0. The molecule has 170 valence electrons. The van der Waals surface area contributed by atoms with Crippen LogP contribution in [0.15, 0.2) is 54.6 Å². The van der Waals surface area contributed by atoms with Crippen LogP contribution >= 0.6 is 0 Å². The number of halogens is 3. The first-order valence-electron chi connectivity index (χ1n) is 9.98. The minimum absolute atomic E-state index is 0.0711. The number of carbonyl (C=O) groups excluding carboxylic acids is 3. The molecule has 2 N–H and O–H groups in total. The summed E-state index contributed by atoms with van der Waals surface area (Å²) in [6.45, 7) is 7.30. The van der Waals surface area contributed by atoms with Gasteiger partial charge in [-0.2, -0.15) is 13.2 Å². The maximum Gasteiger partial charge on any atom is 0.440 e. The van der Waals surface area contributed by atoms with Gasteiger partial charge in [0, 0.05) is 5.56 Å². The molecule has 0 bridgehead atoms. The molecule has 6 nitrogen and oxygen atoms in total. The van der Waals surface area contributed by atoms with Crippen molar-refractivity contribution in [3.8, 4) is 0 Å². The molecule has 1 aliphatic rings. The zero-order chi connectivity index (χ0) is 23.9. The van der Waals surface area contributed by atoms with Crippen LogP contribution in [0.1, 0.15) is 55.2 Å². The molecular formula is C23H24F3N3O3. The van der Waals surface area contributed by atoms with Gasteiger partial charge in [-0.3, -0.25) is 19.8 Å². The van der Waals surface area contributed by atoms with E-state index in [1.165, 1.54) is 19.1 Å². The molecule has 0 spiro atoms. The number of benzene rings is 2. The Morgan fingerprint density at radius 3 is 2.06 bits per heavy atom. The second kappa shape index (κ2) is 7.96. The molecule has 1 saturated heterocycles. The van der Waals surface area contributed by atoms with Gasteiger partial charge in [0.05, 0.1) is 6.04 Å². The summed E-state index contributed by atoms with van der Waals surface area (Å²) in [5.41, 5.74) is -2.50. The van der Waals surface area contributed by atoms with Crippen molar-refractivity contribution < 1.29 is 27.6 Å². The Labute approximate surface area is 183 Å². The van der Waals surface area contributed by atoms with Crippen LogP contribution < -0.4 is 10.6 Å². The third-order valence-electron chi connectivity index (χ3n) is 5.46. The minimum atomic E-state index is -5.27. The van der Waals surface area contributed by atoms with Gasteiger partial charge in [0.2, 0.25) is 0 Å². The number of amides is 4. The van der Waals surface area contributed by atoms with Crippen molar-refractivity contribution in [1.82, 2.24) is 15.5 Å². The Hall–Kier alpha value is -3.36. The predicted molar refractivity (Wildman–Crippen MR) is 112 cm³/mol. The number of urea groups is 1. The molecule has 1 fully saturated rings. The zero-order valence-corrected chi connectivity index (χ0v) is 18.1. The predicted octanol–water partition coefficient (Wildman–Crippen LogP) is 4.29. The second-order valence-corrected chi connectivity index (χ2v) is 8.72. The average Bonchev–Trinajstić information content (AvgIpc) is 2.98. The molecule has 1 aliphatic heterocycles. The van der Waals surface area contributed by atoms with Gasteiger partial charge in [-0.15, -0.1) is 0 Å². The molecule has 2 atom stereocenters. The van der Waals surface area contributed by atoms with Crippen LogP contribution in [0.4, 0.5) is 18.0 Å². The molecule has 32 heavy (non-hydrogen) atoms. The zero-order valence-electron chi connectivity index (χ0n) is 18.1. The molecule has 9 heteroatoms. The first-order valence-corrected chi connectivity index (χ1v) is 9.98. The van der Waals surface area contributed by atoms with Crippen LogP contribution in [-0.4, -0.2) is 34.6 Å². The molecule has 0 radical (unpaired) electrons. The molecule has 1 heterocycles. The van der Waals surface area contributed by atoms with Crippen molar-refractivity contribution in [1.29, 1.82) is 0 Å². The number of alkyl halides is 3. The van der Waals surface area contributed by atoms with E-state index in [9.17, 15) is 27.6 Å². The van der Waals surface area contributed by atoms with E-state index in [4.69, 9.17) is 0 Å². The third kappa shape index (κ3) is 4.06.